The summed E-state index contributed by atoms with van der Waals surface area (Å²) < 4.78 is 11.4. The molecule has 0 heterocycles. The number of halogens is 1. The van der Waals surface area contributed by atoms with E-state index in [0.717, 1.165) is 5.56 Å². The highest BCUT2D eigenvalue weighted by Crippen LogP contribution is 2.22. The number of hydrogen-bond donors (Lipinski definition) is 1. The van der Waals surface area contributed by atoms with Gasteiger partial charge in [-0.3, -0.25) is 4.79 Å². The fraction of sp³-hybridized carbons (Fsp3) is 0.350. The lowest BCUT2D eigenvalue weighted by Gasteiger charge is -2.18. The fourth-order valence-electron chi connectivity index (χ4n) is 2.28. The van der Waals surface area contributed by atoms with Gasteiger partial charge in [0.05, 0.1) is 11.6 Å². The molecule has 1 N–H and O–H groups in total. The third-order valence-corrected chi connectivity index (χ3v) is 4.23. The molecule has 5 heteroatoms. The van der Waals surface area contributed by atoms with Crippen molar-refractivity contribution in [3.63, 3.8) is 0 Å². The first-order chi connectivity index (χ1) is 12.0. The summed E-state index contributed by atoms with van der Waals surface area (Å²) in [6.07, 6.45) is 0.0619. The highest BCUT2D eigenvalue weighted by Gasteiger charge is 2.18. The number of benzene rings is 2. The molecule has 4 nitrogen and oxygen atoms in total. The van der Waals surface area contributed by atoms with Gasteiger partial charge in [0.1, 0.15) is 18.1 Å². The van der Waals surface area contributed by atoms with Crippen molar-refractivity contribution in [2.45, 2.75) is 33.3 Å². The summed E-state index contributed by atoms with van der Waals surface area (Å²) in [5, 5.41) is 3.39. The Hall–Kier alpha value is -2.20. The van der Waals surface area contributed by atoms with Crippen LogP contribution < -0.4 is 14.8 Å². The lowest BCUT2D eigenvalue weighted by atomic mass is 10.1. The first kappa shape index (κ1) is 19.1. The molecule has 0 saturated carbocycles. The predicted octanol–water partition coefficient (Wildman–Crippen LogP) is 4.31. The highest BCUT2D eigenvalue weighted by molar-refractivity contribution is 6.32. The minimum atomic E-state index is -0.526. The molecule has 0 aliphatic rings. The highest BCUT2D eigenvalue weighted by atomic mass is 35.5. The maximum Gasteiger partial charge on any atom is 0.261 e. The average molecular weight is 362 g/mol. The minimum Gasteiger partial charge on any atom is -0.490 e. The van der Waals surface area contributed by atoms with E-state index in [1.807, 2.05) is 51.1 Å². The predicted molar refractivity (Wildman–Crippen MR) is 101 cm³/mol. The molecule has 0 aliphatic heterocycles. The molecule has 1 unspecified atom stereocenters. The van der Waals surface area contributed by atoms with Gasteiger partial charge >= 0.3 is 0 Å². The van der Waals surface area contributed by atoms with E-state index in [1.165, 1.54) is 5.56 Å². The summed E-state index contributed by atoms with van der Waals surface area (Å²) in [5.74, 6) is 1.16. The van der Waals surface area contributed by atoms with Crippen molar-refractivity contribution in [2.24, 2.45) is 0 Å². The molecule has 0 radical (unpaired) electrons. The minimum absolute atomic E-state index is 0.150. The molecule has 1 atom stereocenters. The van der Waals surface area contributed by atoms with E-state index >= 15 is 0 Å². The van der Waals surface area contributed by atoms with Crippen molar-refractivity contribution in [1.29, 1.82) is 0 Å². The van der Waals surface area contributed by atoms with E-state index in [0.29, 0.717) is 36.1 Å². The van der Waals surface area contributed by atoms with Crippen molar-refractivity contribution >= 4 is 17.5 Å². The zero-order chi connectivity index (χ0) is 18.2. The maximum atomic E-state index is 12.3. The van der Waals surface area contributed by atoms with E-state index in [1.54, 1.807) is 12.1 Å². The van der Waals surface area contributed by atoms with E-state index in [9.17, 15) is 4.79 Å². The van der Waals surface area contributed by atoms with E-state index in [4.69, 9.17) is 21.1 Å². The fourth-order valence-corrected chi connectivity index (χ4v) is 2.47. The zero-order valence-corrected chi connectivity index (χ0v) is 15.6. The van der Waals surface area contributed by atoms with Crippen LogP contribution >= 0.6 is 11.6 Å². The number of aryl methyl sites for hydroxylation is 2. The summed E-state index contributed by atoms with van der Waals surface area (Å²) in [6, 6.07) is 13.1. The Morgan fingerprint density at radius 3 is 2.60 bits per heavy atom. The number of carbonyl (C=O) groups excluding carboxylic acids is 1. The van der Waals surface area contributed by atoms with Gasteiger partial charge in [-0.25, -0.2) is 0 Å². The monoisotopic (exact) mass is 361 g/mol. The number of carbonyl (C=O) groups is 1. The Balaban J connectivity index is 1.81. The molecule has 2 rings (SSSR count). The van der Waals surface area contributed by atoms with Crippen LogP contribution in [-0.4, -0.2) is 25.2 Å². The number of para-hydroxylation sites is 1. The molecular weight excluding hydrogens is 338 g/mol. The lowest BCUT2D eigenvalue weighted by molar-refractivity contribution is -0.128. The summed E-state index contributed by atoms with van der Waals surface area (Å²) >= 11 is 6.02. The van der Waals surface area contributed by atoms with Crippen LogP contribution in [0.4, 0.5) is 0 Å². The van der Waals surface area contributed by atoms with Crippen LogP contribution in [0.3, 0.4) is 0 Å². The Kier molecular flexibility index (Phi) is 7.14. The average Bonchev–Trinajstić information content (AvgIpc) is 2.60. The van der Waals surface area contributed by atoms with Gasteiger partial charge in [-0.15, -0.1) is 0 Å². The SMILES string of the molecule is CCC(Oc1ccc(C)c(C)c1)C(=O)NCCOc1ccccc1Cl. The second kappa shape index (κ2) is 9.33. The molecule has 0 fully saturated rings. The van der Waals surface area contributed by atoms with E-state index < -0.39 is 6.10 Å². The summed E-state index contributed by atoms with van der Waals surface area (Å²) in [4.78, 5) is 12.3. The van der Waals surface area contributed by atoms with Gasteiger partial charge in [-0.2, -0.15) is 0 Å². The largest absolute Gasteiger partial charge is 0.490 e. The Bertz CT molecular complexity index is 718. The summed E-state index contributed by atoms with van der Waals surface area (Å²) in [7, 11) is 0. The van der Waals surface area contributed by atoms with Crippen molar-refractivity contribution in [2.75, 3.05) is 13.2 Å². The standard InChI is InChI=1S/C20H24ClNO3/c1-4-18(25-16-10-9-14(2)15(3)13-16)20(23)22-11-12-24-19-8-6-5-7-17(19)21/h5-10,13,18H,4,11-12H2,1-3H3,(H,22,23). The normalized spacial score (nSPS) is 11.7. The quantitative estimate of drug-likeness (QED) is 0.713. The van der Waals surface area contributed by atoms with Crippen LogP contribution in [0.15, 0.2) is 42.5 Å². The molecular formula is C20H24ClNO3. The first-order valence-electron chi connectivity index (χ1n) is 8.40. The van der Waals surface area contributed by atoms with E-state index in [-0.39, 0.29) is 5.91 Å². The number of amides is 1. The van der Waals surface area contributed by atoms with Gasteiger partial charge in [0, 0.05) is 0 Å². The first-order valence-corrected chi connectivity index (χ1v) is 8.78. The van der Waals surface area contributed by atoms with Crippen LogP contribution in [0.5, 0.6) is 11.5 Å². The lowest BCUT2D eigenvalue weighted by Crippen LogP contribution is -2.39. The van der Waals surface area contributed by atoms with Gasteiger partial charge in [-0.1, -0.05) is 36.7 Å². The smallest absolute Gasteiger partial charge is 0.261 e. The topological polar surface area (TPSA) is 47.6 Å². The third kappa shape index (κ3) is 5.68. The molecule has 2 aromatic carbocycles. The van der Waals surface area contributed by atoms with Gasteiger partial charge in [0.15, 0.2) is 6.10 Å². The van der Waals surface area contributed by atoms with Crippen molar-refractivity contribution in [1.82, 2.24) is 5.32 Å². The molecule has 0 aliphatic carbocycles. The van der Waals surface area contributed by atoms with E-state index in [2.05, 4.69) is 5.32 Å². The maximum absolute atomic E-state index is 12.3. The third-order valence-electron chi connectivity index (χ3n) is 3.92. The Morgan fingerprint density at radius 2 is 1.92 bits per heavy atom. The molecule has 1 amide bonds. The van der Waals surface area contributed by atoms with Crippen LogP contribution in [0.2, 0.25) is 5.02 Å². The number of rotatable bonds is 8. The molecule has 0 aromatic heterocycles. The second-order valence-corrected chi connectivity index (χ2v) is 6.24. The number of hydrogen-bond acceptors (Lipinski definition) is 3. The van der Waals surface area contributed by atoms with Crippen LogP contribution in [0.1, 0.15) is 24.5 Å². The summed E-state index contributed by atoms with van der Waals surface area (Å²) in [6.45, 7) is 6.72. The number of ether oxygens (including phenoxy) is 2. The van der Waals surface area contributed by atoms with Gasteiger partial charge < -0.3 is 14.8 Å². The van der Waals surface area contributed by atoms with Crippen LogP contribution in [0.25, 0.3) is 0 Å². The molecule has 0 bridgehead atoms. The van der Waals surface area contributed by atoms with Gasteiger partial charge in [0.2, 0.25) is 0 Å². The molecule has 0 spiro atoms. The van der Waals surface area contributed by atoms with Gasteiger partial charge in [-0.05, 0) is 55.7 Å². The zero-order valence-electron chi connectivity index (χ0n) is 14.8. The van der Waals surface area contributed by atoms with Crippen LogP contribution in [-0.2, 0) is 4.79 Å². The Labute approximate surface area is 154 Å². The molecule has 25 heavy (non-hydrogen) atoms. The van der Waals surface area contributed by atoms with Crippen molar-refractivity contribution in [3.8, 4) is 11.5 Å². The van der Waals surface area contributed by atoms with Gasteiger partial charge in [0.25, 0.3) is 5.91 Å². The van der Waals surface area contributed by atoms with Crippen molar-refractivity contribution < 1.29 is 14.3 Å². The second-order valence-electron chi connectivity index (χ2n) is 5.83. The summed E-state index contributed by atoms with van der Waals surface area (Å²) in [5.41, 5.74) is 2.34. The molecule has 0 saturated heterocycles. The van der Waals surface area contributed by atoms with Crippen LogP contribution in [0, 0.1) is 13.8 Å². The molecule has 2 aromatic rings. The molecule has 134 valence electrons. The van der Waals surface area contributed by atoms with Crippen molar-refractivity contribution in [3.05, 3.63) is 58.6 Å². The Morgan fingerprint density at radius 1 is 1.16 bits per heavy atom. The number of nitrogens with one attached hydrogen (secondary N) is 1.